The number of aryl methyl sites for hydroxylation is 1. The molecular weight excluding hydrogens is 559 g/mol. The summed E-state index contributed by atoms with van der Waals surface area (Å²) >= 11 is 7.11. The SMILES string of the molecule is [B]OC(=O)C1=C(CCl)CS(=O)[C@@H]2[C@H](NC(=O)/C(=N\OC(C)(C)C(=O)OC(C)(C)C)c3csc(C)n3)C(=O)N12. The van der Waals surface area contributed by atoms with Crippen molar-refractivity contribution in [2.75, 3.05) is 11.6 Å². The third kappa shape index (κ3) is 6.10. The lowest BCUT2D eigenvalue weighted by atomic mass is 10.0. The zero-order chi connectivity index (χ0) is 28.6. The van der Waals surface area contributed by atoms with E-state index < -0.39 is 57.2 Å². The molecule has 1 aromatic heterocycles. The van der Waals surface area contributed by atoms with E-state index in [9.17, 15) is 23.4 Å². The van der Waals surface area contributed by atoms with Gasteiger partial charge in [0, 0.05) is 11.3 Å². The quantitative estimate of drug-likeness (QED) is 0.117. The van der Waals surface area contributed by atoms with Crippen molar-refractivity contribution >= 4 is 71.3 Å². The second-order valence-electron chi connectivity index (χ2n) is 9.86. The molecule has 1 unspecified atom stereocenters. The van der Waals surface area contributed by atoms with Crippen LogP contribution in [0, 0.1) is 6.92 Å². The van der Waals surface area contributed by atoms with Crippen molar-refractivity contribution in [1.29, 1.82) is 0 Å². The molecule has 0 aliphatic carbocycles. The molecule has 204 valence electrons. The maximum absolute atomic E-state index is 13.3. The first-order chi connectivity index (χ1) is 17.6. The number of rotatable bonds is 8. The number of nitrogens with zero attached hydrogens (tertiary/aromatic N) is 3. The molecule has 2 amide bonds. The van der Waals surface area contributed by atoms with Gasteiger partial charge >= 0.3 is 20.0 Å². The Hall–Kier alpha value is -2.78. The number of ether oxygens (including phenoxy) is 1. The Bertz CT molecular complexity index is 1260. The number of alkyl halides is 1. The van der Waals surface area contributed by atoms with Crippen molar-refractivity contribution in [3.63, 3.8) is 0 Å². The first-order valence-corrected chi connectivity index (χ1v) is 14.0. The minimum absolute atomic E-state index is 0.117. The van der Waals surface area contributed by atoms with Gasteiger partial charge in [-0.2, -0.15) is 0 Å². The Morgan fingerprint density at radius 3 is 2.50 bits per heavy atom. The van der Waals surface area contributed by atoms with Gasteiger partial charge in [0.15, 0.2) is 5.71 Å². The third-order valence-corrected chi connectivity index (χ3v) is 8.04. The number of aromatic nitrogens is 1. The van der Waals surface area contributed by atoms with E-state index in [1.165, 1.54) is 25.2 Å². The van der Waals surface area contributed by atoms with E-state index in [-0.39, 0.29) is 34.3 Å². The average Bonchev–Trinajstić information content (AvgIpc) is 3.25. The smallest absolute Gasteiger partial charge is 0.378 e. The summed E-state index contributed by atoms with van der Waals surface area (Å²) in [6.45, 7) is 9.64. The monoisotopic (exact) mass is 584 g/mol. The van der Waals surface area contributed by atoms with Crippen LogP contribution in [0.5, 0.6) is 0 Å². The van der Waals surface area contributed by atoms with Gasteiger partial charge in [-0.05, 0) is 47.1 Å². The van der Waals surface area contributed by atoms with Gasteiger partial charge in [0.2, 0.25) is 5.60 Å². The Labute approximate surface area is 232 Å². The van der Waals surface area contributed by atoms with Crippen molar-refractivity contribution in [3.05, 3.63) is 27.4 Å². The molecule has 3 rings (SSSR count). The minimum atomic E-state index is -1.70. The molecular formula is C22H26BClN4O8S2. The summed E-state index contributed by atoms with van der Waals surface area (Å²) < 4.78 is 22.5. The molecule has 2 aliphatic heterocycles. The highest BCUT2D eigenvalue weighted by Crippen LogP contribution is 2.35. The molecule has 0 bridgehead atoms. The van der Waals surface area contributed by atoms with Crippen molar-refractivity contribution < 1.29 is 37.6 Å². The number of esters is 1. The van der Waals surface area contributed by atoms with Crippen LogP contribution in [0.1, 0.15) is 45.3 Å². The zero-order valence-electron chi connectivity index (χ0n) is 21.5. The largest absolute Gasteiger partial charge is 0.539 e. The molecule has 3 atom stereocenters. The van der Waals surface area contributed by atoms with Crippen LogP contribution in [-0.2, 0) is 44.2 Å². The number of thiazole rings is 1. The first-order valence-electron chi connectivity index (χ1n) is 11.2. The Balaban J connectivity index is 1.87. The maximum atomic E-state index is 13.3. The van der Waals surface area contributed by atoms with Crippen molar-refractivity contribution in [3.8, 4) is 0 Å². The van der Waals surface area contributed by atoms with Crippen molar-refractivity contribution in [2.24, 2.45) is 5.16 Å². The van der Waals surface area contributed by atoms with E-state index in [1.54, 1.807) is 33.1 Å². The van der Waals surface area contributed by atoms with Gasteiger partial charge in [-0.25, -0.2) is 14.6 Å². The average molecular weight is 585 g/mol. The molecule has 38 heavy (non-hydrogen) atoms. The number of carbonyl (C=O) groups is 4. The number of oxime groups is 1. The molecule has 0 spiro atoms. The van der Waals surface area contributed by atoms with Crippen molar-refractivity contribution in [1.82, 2.24) is 15.2 Å². The number of carbonyl (C=O) groups excluding carboxylic acids is 4. The predicted molar refractivity (Wildman–Crippen MR) is 140 cm³/mol. The van der Waals surface area contributed by atoms with E-state index in [1.807, 2.05) is 0 Å². The molecule has 3 heterocycles. The number of amides is 2. The topological polar surface area (TPSA) is 154 Å². The molecule has 1 saturated heterocycles. The number of nitrogens with one attached hydrogen (secondary N) is 1. The summed E-state index contributed by atoms with van der Waals surface area (Å²) in [5.41, 5.74) is -2.51. The fourth-order valence-electron chi connectivity index (χ4n) is 3.48. The summed E-state index contributed by atoms with van der Waals surface area (Å²) in [6.07, 6.45) is 0. The highest BCUT2D eigenvalue weighted by molar-refractivity contribution is 7.86. The van der Waals surface area contributed by atoms with E-state index in [4.69, 9.17) is 29.2 Å². The van der Waals surface area contributed by atoms with E-state index in [0.29, 0.717) is 5.01 Å². The van der Waals surface area contributed by atoms with Crippen LogP contribution < -0.4 is 5.32 Å². The summed E-state index contributed by atoms with van der Waals surface area (Å²) in [7, 11) is 3.30. The Morgan fingerprint density at radius 1 is 1.32 bits per heavy atom. The minimum Gasteiger partial charge on any atom is -0.539 e. The number of halogens is 1. The molecule has 12 nitrogen and oxygen atoms in total. The van der Waals surface area contributed by atoms with Crippen LogP contribution in [0.25, 0.3) is 0 Å². The Kier molecular flexibility index (Phi) is 8.73. The molecule has 16 heteroatoms. The van der Waals surface area contributed by atoms with Crippen LogP contribution in [0.4, 0.5) is 0 Å². The van der Waals surface area contributed by atoms with Crippen LogP contribution in [0.2, 0.25) is 0 Å². The third-order valence-electron chi connectivity index (χ3n) is 5.29. The van der Waals surface area contributed by atoms with Crippen LogP contribution >= 0.6 is 22.9 Å². The van der Waals surface area contributed by atoms with Crippen LogP contribution in [0.15, 0.2) is 21.8 Å². The standard InChI is InChI=1S/C22H26BClN4O8S2/c1-10-25-12(8-37-10)13(27-36-22(5,6)20(32)34-21(2,3)4)16(29)26-14-17(30)28-15(19(31)35-23)11(7-24)9-38(33)18(14)28/h8,14,18H,7,9H2,1-6H3,(H,26,29)/b27-13-/t14-,18-,38?/m1/s1. The fourth-order valence-corrected chi connectivity index (χ4v) is 6.10. The molecule has 2 radical (unpaired) electrons. The van der Waals surface area contributed by atoms with E-state index in [2.05, 4.69) is 20.1 Å². The van der Waals surface area contributed by atoms with Crippen LogP contribution in [-0.4, -0.2) is 85.9 Å². The van der Waals surface area contributed by atoms with Gasteiger partial charge in [-0.1, -0.05) is 5.16 Å². The first kappa shape index (κ1) is 29.8. The molecule has 2 aliphatic rings. The van der Waals surface area contributed by atoms with Gasteiger partial charge in [-0.15, -0.1) is 22.9 Å². The van der Waals surface area contributed by atoms with E-state index >= 15 is 0 Å². The lowest BCUT2D eigenvalue weighted by Gasteiger charge is -2.49. The molecule has 1 aromatic rings. The highest BCUT2D eigenvalue weighted by atomic mass is 35.5. The van der Waals surface area contributed by atoms with Gasteiger partial charge < -0.3 is 19.5 Å². The molecule has 1 N–H and O–H groups in total. The summed E-state index contributed by atoms with van der Waals surface area (Å²) in [5, 5.41) is 7.50. The van der Waals surface area contributed by atoms with Crippen LogP contribution in [0.3, 0.4) is 0 Å². The summed E-state index contributed by atoms with van der Waals surface area (Å²) in [4.78, 5) is 61.7. The lowest BCUT2D eigenvalue weighted by molar-refractivity contribution is -0.179. The molecule has 0 aromatic carbocycles. The summed E-state index contributed by atoms with van der Waals surface area (Å²) in [6, 6.07) is -1.26. The van der Waals surface area contributed by atoms with Gasteiger partial charge in [0.1, 0.15) is 28.4 Å². The van der Waals surface area contributed by atoms with Gasteiger partial charge in [0.05, 0.1) is 21.6 Å². The fraction of sp³-hybridized carbons (Fsp3) is 0.545. The Morgan fingerprint density at radius 2 is 1.97 bits per heavy atom. The second kappa shape index (κ2) is 11.1. The summed E-state index contributed by atoms with van der Waals surface area (Å²) in [5.74, 6) is -3.61. The maximum Gasteiger partial charge on any atom is 0.378 e. The number of β-lactam (4-membered cyclic amide) rings is 1. The van der Waals surface area contributed by atoms with Gasteiger partial charge in [0.25, 0.3) is 11.8 Å². The lowest BCUT2D eigenvalue weighted by Crippen LogP contribution is -2.74. The molecule has 1 fully saturated rings. The predicted octanol–water partition coefficient (Wildman–Crippen LogP) is 0.828. The molecule has 0 saturated carbocycles. The number of hydrogen-bond acceptors (Lipinski definition) is 11. The number of hydrogen-bond donors (Lipinski definition) is 1. The second-order valence-corrected chi connectivity index (χ2v) is 12.7. The zero-order valence-corrected chi connectivity index (χ0v) is 23.9. The van der Waals surface area contributed by atoms with Crippen molar-refractivity contribution in [2.45, 2.75) is 64.2 Å². The number of fused-ring (bicyclic) bond motifs is 1. The van der Waals surface area contributed by atoms with Gasteiger partial charge in [-0.3, -0.25) is 18.7 Å². The highest BCUT2D eigenvalue weighted by Gasteiger charge is 2.57. The van der Waals surface area contributed by atoms with E-state index in [0.717, 1.165) is 4.90 Å². The normalized spacial score (nSPS) is 21.9.